The second-order valence-corrected chi connectivity index (χ2v) is 4.21. The van der Waals surface area contributed by atoms with Crippen LogP contribution in [0.4, 0.5) is 0 Å². The minimum absolute atomic E-state index is 0.712. The Bertz CT molecular complexity index is 143. The van der Waals surface area contributed by atoms with Crippen molar-refractivity contribution in [1.29, 1.82) is 0 Å². The highest BCUT2D eigenvalue weighted by Gasteiger charge is 2.31. The third kappa shape index (κ3) is 1.50. The maximum Gasteiger partial charge on any atom is 0.0221 e. The summed E-state index contributed by atoms with van der Waals surface area (Å²) in [4.78, 5) is 2.67. The fourth-order valence-electron chi connectivity index (χ4n) is 2.48. The standard InChI is InChI=1S/C10H20N2/c11-8-10-4-1-2-7-12(10)9-5-3-6-9/h9-10H,1-8,11H2. The van der Waals surface area contributed by atoms with E-state index in [4.69, 9.17) is 5.73 Å². The van der Waals surface area contributed by atoms with Gasteiger partial charge in [0.1, 0.15) is 0 Å². The molecule has 0 aromatic rings. The van der Waals surface area contributed by atoms with E-state index in [0.717, 1.165) is 12.6 Å². The first-order valence-electron chi connectivity index (χ1n) is 5.37. The molecule has 0 aromatic carbocycles. The molecule has 0 aromatic heterocycles. The topological polar surface area (TPSA) is 29.3 Å². The summed E-state index contributed by atoms with van der Waals surface area (Å²) >= 11 is 0. The second kappa shape index (κ2) is 3.75. The first kappa shape index (κ1) is 8.52. The van der Waals surface area contributed by atoms with Crippen molar-refractivity contribution in [3.05, 3.63) is 0 Å². The average Bonchev–Trinajstić information content (AvgIpc) is 2.02. The largest absolute Gasteiger partial charge is 0.329 e. The summed E-state index contributed by atoms with van der Waals surface area (Å²) in [5.74, 6) is 0. The van der Waals surface area contributed by atoms with Crippen molar-refractivity contribution in [2.75, 3.05) is 13.1 Å². The molecule has 1 unspecified atom stereocenters. The van der Waals surface area contributed by atoms with Gasteiger partial charge in [-0.1, -0.05) is 12.8 Å². The molecule has 0 spiro atoms. The molecule has 1 aliphatic carbocycles. The molecule has 0 radical (unpaired) electrons. The second-order valence-electron chi connectivity index (χ2n) is 4.21. The van der Waals surface area contributed by atoms with Gasteiger partial charge in [-0.05, 0) is 32.2 Å². The van der Waals surface area contributed by atoms with E-state index in [2.05, 4.69) is 4.90 Å². The predicted molar refractivity (Wildman–Crippen MR) is 51.0 cm³/mol. The monoisotopic (exact) mass is 168 g/mol. The van der Waals surface area contributed by atoms with Gasteiger partial charge in [0, 0.05) is 18.6 Å². The van der Waals surface area contributed by atoms with Crippen LogP contribution in [0.5, 0.6) is 0 Å². The highest BCUT2D eigenvalue weighted by atomic mass is 15.2. The maximum atomic E-state index is 5.77. The Kier molecular flexibility index (Phi) is 2.66. The van der Waals surface area contributed by atoms with Gasteiger partial charge in [-0.3, -0.25) is 4.90 Å². The third-order valence-corrected chi connectivity index (χ3v) is 3.49. The predicted octanol–water partition coefficient (Wildman–Crippen LogP) is 1.35. The van der Waals surface area contributed by atoms with Crippen LogP contribution in [-0.4, -0.2) is 30.1 Å². The number of hydrogen-bond donors (Lipinski definition) is 1. The molecule has 2 N–H and O–H groups in total. The van der Waals surface area contributed by atoms with Crippen LogP contribution in [0.3, 0.4) is 0 Å². The molecule has 2 aliphatic rings. The Morgan fingerprint density at radius 2 is 1.92 bits per heavy atom. The number of nitrogens with zero attached hydrogens (tertiary/aromatic N) is 1. The van der Waals surface area contributed by atoms with Crippen molar-refractivity contribution in [1.82, 2.24) is 4.90 Å². The minimum atomic E-state index is 0.712. The van der Waals surface area contributed by atoms with Crippen molar-refractivity contribution in [2.24, 2.45) is 5.73 Å². The van der Waals surface area contributed by atoms with Crippen molar-refractivity contribution in [3.8, 4) is 0 Å². The van der Waals surface area contributed by atoms with Crippen LogP contribution in [0, 0.1) is 0 Å². The molecular formula is C10H20N2. The Morgan fingerprint density at radius 3 is 2.50 bits per heavy atom. The van der Waals surface area contributed by atoms with Crippen LogP contribution in [0.25, 0.3) is 0 Å². The number of hydrogen-bond acceptors (Lipinski definition) is 2. The summed E-state index contributed by atoms with van der Waals surface area (Å²) in [7, 11) is 0. The Hall–Kier alpha value is -0.0800. The van der Waals surface area contributed by atoms with Gasteiger partial charge in [0.2, 0.25) is 0 Å². The lowest BCUT2D eigenvalue weighted by molar-refractivity contribution is 0.0557. The molecule has 1 heterocycles. The minimum Gasteiger partial charge on any atom is -0.329 e. The van der Waals surface area contributed by atoms with Gasteiger partial charge >= 0.3 is 0 Å². The summed E-state index contributed by atoms with van der Waals surface area (Å²) in [6.07, 6.45) is 8.43. The van der Waals surface area contributed by atoms with E-state index < -0.39 is 0 Å². The number of piperidine rings is 1. The van der Waals surface area contributed by atoms with Crippen molar-refractivity contribution in [3.63, 3.8) is 0 Å². The summed E-state index contributed by atoms with van der Waals surface area (Å²) in [5, 5.41) is 0. The number of nitrogens with two attached hydrogens (primary N) is 1. The highest BCUT2D eigenvalue weighted by Crippen LogP contribution is 2.30. The van der Waals surface area contributed by atoms with Crippen LogP contribution in [0.2, 0.25) is 0 Å². The summed E-state index contributed by atoms with van der Waals surface area (Å²) in [6.45, 7) is 2.18. The Labute approximate surface area is 75.1 Å². The molecule has 1 atom stereocenters. The first-order valence-corrected chi connectivity index (χ1v) is 5.37. The van der Waals surface area contributed by atoms with Crippen molar-refractivity contribution < 1.29 is 0 Å². The molecule has 1 saturated heterocycles. The van der Waals surface area contributed by atoms with Gasteiger partial charge in [-0.15, -0.1) is 0 Å². The van der Waals surface area contributed by atoms with Crippen molar-refractivity contribution in [2.45, 2.75) is 50.6 Å². The van der Waals surface area contributed by atoms with E-state index >= 15 is 0 Å². The Balaban J connectivity index is 1.90. The molecule has 0 bridgehead atoms. The van der Waals surface area contributed by atoms with Gasteiger partial charge in [0.25, 0.3) is 0 Å². The zero-order chi connectivity index (χ0) is 8.39. The molecule has 2 heteroatoms. The van der Waals surface area contributed by atoms with E-state index in [9.17, 15) is 0 Å². The summed E-state index contributed by atoms with van der Waals surface area (Å²) in [6, 6.07) is 1.61. The van der Waals surface area contributed by atoms with E-state index in [0.29, 0.717) is 6.04 Å². The summed E-state index contributed by atoms with van der Waals surface area (Å²) < 4.78 is 0. The van der Waals surface area contributed by atoms with Crippen LogP contribution in [0.15, 0.2) is 0 Å². The molecule has 1 saturated carbocycles. The fourth-order valence-corrected chi connectivity index (χ4v) is 2.48. The molecular weight excluding hydrogens is 148 g/mol. The lowest BCUT2D eigenvalue weighted by Gasteiger charge is -2.44. The molecule has 0 amide bonds. The molecule has 2 fully saturated rings. The van der Waals surface area contributed by atoms with Gasteiger partial charge in [-0.25, -0.2) is 0 Å². The zero-order valence-electron chi connectivity index (χ0n) is 7.84. The van der Waals surface area contributed by atoms with Gasteiger partial charge in [0.15, 0.2) is 0 Å². The lowest BCUT2D eigenvalue weighted by atomic mass is 9.88. The van der Waals surface area contributed by atoms with Crippen molar-refractivity contribution >= 4 is 0 Å². The first-order chi connectivity index (χ1) is 5.92. The summed E-state index contributed by atoms with van der Waals surface area (Å²) in [5.41, 5.74) is 5.77. The quantitative estimate of drug-likeness (QED) is 0.674. The highest BCUT2D eigenvalue weighted by molar-refractivity contribution is 4.87. The Morgan fingerprint density at radius 1 is 1.08 bits per heavy atom. The van der Waals surface area contributed by atoms with E-state index in [-0.39, 0.29) is 0 Å². The SMILES string of the molecule is NCC1CCCCN1C1CCC1. The molecule has 70 valence electrons. The normalized spacial score (nSPS) is 33.2. The van der Waals surface area contributed by atoms with E-state index in [1.807, 2.05) is 0 Å². The molecule has 1 aliphatic heterocycles. The van der Waals surface area contributed by atoms with Gasteiger partial charge < -0.3 is 5.73 Å². The van der Waals surface area contributed by atoms with Crippen LogP contribution < -0.4 is 5.73 Å². The smallest absolute Gasteiger partial charge is 0.0221 e. The number of rotatable bonds is 2. The molecule has 2 nitrogen and oxygen atoms in total. The zero-order valence-corrected chi connectivity index (χ0v) is 7.84. The van der Waals surface area contributed by atoms with Gasteiger partial charge in [0.05, 0.1) is 0 Å². The molecule has 2 rings (SSSR count). The molecule has 12 heavy (non-hydrogen) atoms. The lowest BCUT2D eigenvalue weighted by Crippen LogP contribution is -2.51. The fraction of sp³-hybridized carbons (Fsp3) is 1.00. The third-order valence-electron chi connectivity index (χ3n) is 3.49. The number of likely N-dealkylation sites (tertiary alicyclic amines) is 1. The van der Waals surface area contributed by atoms with Gasteiger partial charge in [-0.2, -0.15) is 0 Å². The van der Waals surface area contributed by atoms with Crippen LogP contribution in [0.1, 0.15) is 38.5 Å². The van der Waals surface area contributed by atoms with Crippen LogP contribution >= 0.6 is 0 Å². The van der Waals surface area contributed by atoms with Crippen LogP contribution in [-0.2, 0) is 0 Å². The van der Waals surface area contributed by atoms with E-state index in [1.54, 1.807) is 0 Å². The average molecular weight is 168 g/mol. The maximum absolute atomic E-state index is 5.77. The van der Waals surface area contributed by atoms with E-state index in [1.165, 1.54) is 45.1 Å².